The minimum Gasteiger partial charge on any atom is -0.497 e. The van der Waals surface area contributed by atoms with Crippen LogP contribution in [0.3, 0.4) is 0 Å². The van der Waals surface area contributed by atoms with Gasteiger partial charge in [-0.1, -0.05) is 0 Å². The molecule has 3 N–H and O–H groups in total. The molecule has 11 nitrogen and oxygen atoms in total. The number of ether oxygens (including phenoxy) is 2. The van der Waals surface area contributed by atoms with Gasteiger partial charge in [-0.25, -0.2) is 4.98 Å². The van der Waals surface area contributed by atoms with Gasteiger partial charge in [0.25, 0.3) is 5.91 Å². The molecule has 4 amide bonds. The summed E-state index contributed by atoms with van der Waals surface area (Å²) < 4.78 is 10.2. The first kappa shape index (κ1) is 27.1. The van der Waals surface area contributed by atoms with Gasteiger partial charge in [0, 0.05) is 31.1 Å². The minimum atomic E-state index is -0.542. The number of nitrogens with zero attached hydrogens (tertiary/aromatic N) is 2. The van der Waals surface area contributed by atoms with Crippen molar-refractivity contribution in [1.82, 2.24) is 20.5 Å². The Morgan fingerprint density at radius 1 is 1.17 bits per heavy atom. The van der Waals surface area contributed by atoms with E-state index in [1.807, 2.05) is 0 Å². The van der Waals surface area contributed by atoms with E-state index in [-0.39, 0.29) is 43.8 Å². The largest absolute Gasteiger partial charge is 0.497 e. The lowest BCUT2D eigenvalue weighted by Crippen LogP contribution is -2.46. The van der Waals surface area contributed by atoms with Crippen molar-refractivity contribution in [3.63, 3.8) is 0 Å². The van der Waals surface area contributed by atoms with Crippen molar-refractivity contribution in [2.45, 2.75) is 31.7 Å². The normalized spacial score (nSPS) is 15.4. The van der Waals surface area contributed by atoms with Gasteiger partial charge in [-0.15, -0.1) is 11.3 Å². The molecule has 1 aliphatic rings. The average molecular weight is 518 g/mol. The molecule has 1 aromatic carbocycles. The molecular weight excluding hydrogens is 486 g/mol. The number of methoxy groups -OCH3 is 2. The number of hydrogen-bond acceptors (Lipinski definition) is 8. The van der Waals surface area contributed by atoms with Crippen LogP contribution in [0.2, 0.25) is 0 Å². The van der Waals surface area contributed by atoms with Gasteiger partial charge >= 0.3 is 0 Å². The van der Waals surface area contributed by atoms with Crippen LogP contribution in [-0.2, 0) is 25.5 Å². The van der Waals surface area contributed by atoms with Gasteiger partial charge in [-0.05, 0) is 43.5 Å². The van der Waals surface area contributed by atoms with Crippen LogP contribution in [0.4, 0.5) is 5.13 Å². The smallest absolute Gasteiger partial charge is 0.254 e. The second kappa shape index (κ2) is 13.5. The number of anilines is 1. The van der Waals surface area contributed by atoms with Crippen molar-refractivity contribution in [2.75, 3.05) is 45.8 Å². The third-order valence-electron chi connectivity index (χ3n) is 5.53. The lowest BCUT2D eigenvalue weighted by molar-refractivity contribution is -0.128. The molecule has 3 rings (SSSR count). The second-order valence-corrected chi connectivity index (χ2v) is 9.08. The Morgan fingerprint density at radius 3 is 2.67 bits per heavy atom. The van der Waals surface area contributed by atoms with Crippen LogP contribution < -0.4 is 20.7 Å². The Kier molecular flexibility index (Phi) is 10.2. The van der Waals surface area contributed by atoms with Gasteiger partial charge in [-0.3, -0.25) is 19.2 Å². The van der Waals surface area contributed by atoms with Crippen LogP contribution in [0.25, 0.3) is 0 Å². The van der Waals surface area contributed by atoms with Crippen molar-refractivity contribution in [3.05, 3.63) is 40.9 Å². The molecule has 1 aromatic heterocycles. The van der Waals surface area contributed by atoms with E-state index in [4.69, 9.17) is 9.47 Å². The fourth-order valence-corrected chi connectivity index (χ4v) is 4.36. The Morgan fingerprint density at radius 2 is 1.94 bits per heavy atom. The van der Waals surface area contributed by atoms with Gasteiger partial charge < -0.3 is 30.3 Å². The van der Waals surface area contributed by atoms with Crippen molar-refractivity contribution < 1.29 is 28.7 Å². The molecule has 1 fully saturated rings. The zero-order chi connectivity index (χ0) is 25.9. The Bertz CT molecular complexity index is 1060. The van der Waals surface area contributed by atoms with Crippen LogP contribution in [-0.4, -0.2) is 80.0 Å². The maximum Gasteiger partial charge on any atom is 0.254 e. The molecule has 1 unspecified atom stereocenters. The zero-order valence-corrected chi connectivity index (χ0v) is 21.2. The highest BCUT2D eigenvalue weighted by atomic mass is 32.1. The van der Waals surface area contributed by atoms with Crippen LogP contribution in [0.1, 0.15) is 35.3 Å². The zero-order valence-electron chi connectivity index (χ0n) is 20.4. The molecule has 1 saturated heterocycles. The predicted octanol–water partition coefficient (Wildman–Crippen LogP) is 1.21. The van der Waals surface area contributed by atoms with Gasteiger partial charge in [0.05, 0.1) is 25.8 Å². The fourth-order valence-electron chi connectivity index (χ4n) is 3.63. The minimum absolute atomic E-state index is 0.00787. The summed E-state index contributed by atoms with van der Waals surface area (Å²) in [6.45, 7) is 0.923. The topological polar surface area (TPSA) is 139 Å². The molecule has 0 bridgehead atoms. The third kappa shape index (κ3) is 8.02. The molecule has 194 valence electrons. The average Bonchev–Trinajstić information content (AvgIpc) is 3.20. The molecule has 0 aliphatic carbocycles. The summed E-state index contributed by atoms with van der Waals surface area (Å²) in [5, 5.41) is 10.2. The first-order valence-corrected chi connectivity index (χ1v) is 12.5. The van der Waals surface area contributed by atoms with E-state index in [1.54, 1.807) is 36.8 Å². The molecule has 0 spiro atoms. The van der Waals surface area contributed by atoms with Crippen molar-refractivity contribution >= 4 is 40.1 Å². The van der Waals surface area contributed by atoms with Gasteiger partial charge in [0.1, 0.15) is 18.3 Å². The number of thiazole rings is 1. The summed E-state index contributed by atoms with van der Waals surface area (Å²) in [4.78, 5) is 55.7. The molecule has 1 atom stereocenters. The number of aromatic nitrogens is 1. The fraction of sp³-hybridized carbons (Fsp3) is 0.458. The summed E-state index contributed by atoms with van der Waals surface area (Å²) in [5.74, 6) is -0.596. The molecule has 2 heterocycles. The highest BCUT2D eigenvalue weighted by molar-refractivity contribution is 7.13. The molecular formula is C24H31N5O6S. The van der Waals surface area contributed by atoms with E-state index < -0.39 is 11.9 Å². The summed E-state index contributed by atoms with van der Waals surface area (Å²) in [7, 11) is 3.06. The van der Waals surface area contributed by atoms with Crippen molar-refractivity contribution in [2.24, 2.45) is 0 Å². The lowest BCUT2D eigenvalue weighted by Gasteiger charge is -2.21. The maximum atomic E-state index is 12.9. The number of hydrogen-bond donors (Lipinski definition) is 3. The third-order valence-corrected chi connectivity index (χ3v) is 6.34. The predicted molar refractivity (Wildman–Crippen MR) is 134 cm³/mol. The first-order valence-electron chi connectivity index (χ1n) is 11.6. The van der Waals surface area contributed by atoms with E-state index in [0.717, 1.165) is 12.8 Å². The summed E-state index contributed by atoms with van der Waals surface area (Å²) >= 11 is 1.18. The molecule has 0 radical (unpaired) electrons. The standard InChI is InChI=1S/C24H31N5O6S/c1-34-12-11-29(23(33)16-6-8-18(35-2)9-7-16)14-21(31)28-24-26-17(15-36-24)13-20(30)27-19-5-3-4-10-25-22(19)32/h6-9,15,19H,3-5,10-14H2,1-2H3,(H,25,32)(H,27,30)(H,26,28,31). The van der Waals surface area contributed by atoms with Crippen LogP contribution >= 0.6 is 11.3 Å². The van der Waals surface area contributed by atoms with E-state index in [0.29, 0.717) is 35.1 Å². The summed E-state index contributed by atoms with van der Waals surface area (Å²) in [6, 6.07) is 6.08. The van der Waals surface area contributed by atoms with Crippen molar-refractivity contribution in [3.8, 4) is 5.75 Å². The molecule has 2 aromatic rings. The van der Waals surface area contributed by atoms with E-state index in [2.05, 4.69) is 20.9 Å². The highest BCUT2D eigenvalue weighted by Crippen LogP contribution is 2.17. The number of benzene rings is 1. The molecule has 12 heteroatoms. The quantitative estimate of drug-likeness (QED) is 0.407. The Hall–Kier alpha value is -3.51. The van der Waals surface area contributed by atoms with E-state index in [1.165, 1.54) is 23.3 Å². The monoisotopic (exact) mass is 517 g/mol. The summed E-state index contributed by atoms with van der Waals surface area (Å²) in [6.07, 6.45) is 2.34. The Balaban J connectivity index is 1.54. The van der Waals surface area contributed by atoms with Crippen molar-refractivity contribution in [1.29, 1.82) is 0 Å². The number of nitrogens with one attached hydrogen (secondary N) is 3. The van der Waals surface area contributed by atoms with Gasteiger partial charge in [-0.2, -0.15) is 0 Å². The lowest BCUT2D eigenvalue weighted by atomic mass is 10.1. The van der Waals surface area contributed by atoms with Gasteiger partial charge in [0.15, 0.2) is 5.13 Å². The second-order valence-electron chi connectivity index (χ2n) is 8.22. The SMILES string of the molecule is COCCN(CC(=O)Nc1nc(CC(=O)NC2CCCCNC2=O)cs1)C(=O)c1ccc(OC)cc1. The molecule has 0 saturated carbocycles. The number of carbonyl (C=O) groups excluding carboxylic acids is 4. The van der Waals surface area contributed by atoms with Gasteiger partial charge in [0.2, 0.25) is 17.7 Å². The maximum absolute atomic E-state index is 12.9. The molecule has 1 aliphatic heterocycles. The van der Waals surface area contributed by atoms with Crippen LogP contribution in [0.15, 0.2) is 29.6 Å². The molecule has 36 heavy (non-hydrogen) atoms. The number of amides is 4. The summed E-state index contributed by atoms with van der Waals surface area (Å²) in [5.41, 5.74) is 0.900. The first-order chi connectivity index (χ1) is 17.4. The van der Waals surface area contributed by atoms with Crippen LogP contribution in [0.5, 0.6) is 5.75 Å². The Labute approximate surface area is 213 Å². The number of carbonyl (C=O) groups is 4. The van der Waals surface area contributed by atoms with E-state index >= 15 is 0 Å². The highest BCUT2D eigenvalue weighted by Gasteiger charge is 2.23. The van der Waals surface area contributed by atoms with E-state index in [9.17, 15) is 19.2 Å². The van der Waals surface area contributed by atoms with Crippen LogP contribution in [0, 0.1) is 0 Å². The number of rotatable bonds is 11.